The van der Waals surface area contributed by atoms with Crippen molar-refractivity contribution in [3.63, 3.8) is 0 Å². The summed E-state index contributed by atoms with van der Waals surface area (Å²) >= 11 is 0. The molecule has 0 aliphatic carbocycles. The van der Waals surface area contributed by atoms with Gasteiger partial charge in [-0.25, -0.2) is 4.39 Å². The number of rotatable bonds is 10. The van der Waals surface area contributed by atoms with E-state index in [-0.39, 0.29) is 43.7 Å². The molecule has 230 valence electrons. The Morgan fingerprint density at radius 1 is 1.05 bits per heavy atom. The fourth-order valence-corrected chi connectivity index (χ4v) is 5.82. The Morgan fingerprint density at radius 2 is 1.74 bits per heavy atom. The van der Waals surface area contributed by atoms with Crippen molar-refractivity contribution in [3.05, 3.63) is 83.4 Å². The van der Waals surface area contributed by atoms with Gasteiger partial charge in [0.25, 0.3) is 0 Å². The third-order valence-corrected chi connectivity index (χ3v) is 8.20. The third kappa shape index (κ3) is 6.90. The Bertz CT molecular complexity index is 1340. The minimum absolute atomic E-state index is 0.0635. The van der Waals surface area contributed by atoms with Crippen LogP contribution in [0.25, 0.3) is 0 Å². The molecule has 11 heteroatoms. The quantitative estimate of drug-likeness (QED) is 0.425. The second kappa shape index (κ2) is 12.8. The zero-order valence-corrected chi connectivity index (χ0v) is 24.8. The lowest BCUT2D eigenvalue weighted by molar-refractivity contribution is -0.145. The molecule has 1 unspecified atom stereocenters. The highest BCUT2D eigenvalue weighted by Crippen LogP contribution is 2.38. The Hall–Kier alpha value is -3.80. The van der Waals surface area contributed by atoms with E-state index in [1.165, 1.54) is 12.1 Å². The van der Waals surface area contributed by atoms with Gasteiger partial charge in [-0.1, -0.05) is 42.5 Å². The number of piperazine rings is 1. The van der Waals surface area contributed by atoms with Crippen molar-refractivity contribution in [2.45, 2.75) is 44.0 Å². The molecule has 43 heavy (non-hydrogen) atoms. The van der Waals surface area contributed by atoms with E-state index < -0.39 is 23.0 Å². The number of amides is 2. The van der Waals surface area contributed by atoms with Crippen LogP contribution in [0.4, 0.5) is 4.39 Å². The van der Waals surface area contributed by atoms with E-state index in [9.17, 15) is 18.8 Å². The highest BCUT2D eigenvalue weighted by Gasteiger charge is 2.54. The molecular formula is C32H40FN5O5. The molecule has 10 nitrogen and oxygen atoms in total. The van der Waals surface area contributed by atoms with Crippen LogP contribution in [0.5, 0.6) is 0 Å². The number of fused-ring (bicyclic) bond motifs is 1. The van der Waals surface area contributed by atoms with Crippen LogP contribution in [0, 0.1) is 5.82 Å². The first-order valence-electron chi connectivity index (χ1n) is 14.7. The van der Waals surface area contributed by atoms with Crippen LogP contribution in [0.3, 0.4) is 0 Å². The largest absolute Gasteiger partial charge is 0.378 e. The van der Waals surface area contributed by atoms with Gasteiger partial charge in [-0.2, -0.15) is 0 Å². The predicted molar refractivity (Wildman–Crippen MR) is 158 cm³/mol. The maximum Gasteiger partial charge on any atom is 0.247 e. The van der Waals surface area contributed by atoms with Crippen LogP contribution in [0.1, 0.15) is 25.0 Å². The van der Waals surface area contributed by atoms with Crippen LogP contribution in [-0.4, -0.2) is 102 Å². The Morgan fingerprint density at radius 3 is 2.42 bits per heavy atom. The molecule has 3 aliphatic heterocycles. The summed E-state index contributed by atoms with van der Waals surface area (Å²) in [4.78, 5) is 46.8. The van der Waals surface area contributed by atoms with E-state index >= 15 is 0 Å². The van der Waals surface area contributed by atoms with Crippen LogP contribution in [0.2, 0.25) is 0 Å². The summed E-state index contributed by atoms with van der Waals surface area (Å²) in [5.41, 5.74) is 5.47. The van der Waals surface area contributed by atoms with Gasteiger partial charge >= 0.3 is 0 Å². The molecule has 0 spiro atoms. The summed E-state index contributed by atoms with van der Waals surface area (Å²) in [6.45, 7) is 6.65. The second-order valence-corrected chi connectivity index (χ2v) is 12.0. The van der Waals surface area contributed by atoms with Gasteiger partial charge in [0.05, 0.1) is 38.5 Å². The van der Waals surface area contributed by atoms with Crippen LogP contribution in [0.15, 0.2) is 66.5 Å². The third-order valence-electron chi connectivity index (χ3n) is 8.20. The summed E-state index contributed by atoms with van der Waals surface area (Å²) in [5, 5.41) is 2.78. The number of nitrogens with zero attached hydrogens (tertiary/aromatic N) is 3. The van der Waals surface area contributed by atoms with Gasteiger partial charge in [0.2, 0.25) is 11.8 Å². The zero-order chi connectivity index (χ0) is 30.6. The van der Waals surface area contributed by atoms with Crippen molar-refractivity contribution in [2.24, 2.45) is 5.73 Å². The van der Waals surface area contributed by atoms with Gasteiger partial charge in [0, 0.05) is 38.7 Å². The first-order valence-corrected chi connectivity index (χ1v) is 14.7. The van der Waals surface area contributed by atoms with E-state index in [4.69, 9.17) is 15.2 Å². The molecule has 0 saturated carbocycles. The standard InChI is InChI=1S/C32H40FN5O5/c1-31(2,34)30(41)35-26(21-43-20-24-6-4-3-5-7-24)29(40)37-12-13-38-28(36-14-16-42-17-15-36)18-27(39)32(38,22-37)19-23-8-10-25(33)11-9-23/h3-11,18,26H,12-17,19-22,34H2,1-2H3,(H,35,41)/t26-,32?/m1/s1. The molecule has 3 aliphatic rings. The van der Waals surface area contributed by atoms with Crippen molar-refractivity contribution in [2.75, 3.05) is 52.5 Å². The number of nitrogens with one attached hydrogen (secondary N) is 1. The monoisotopic (exact) mass is 593 g/mol. The molecule has 2 aromatic rings. The summed E-state index contributed by atoms with van der Waals surface area (Å²) in [7, 11) is 0. The van der Waals surface area contributed by atoms with Gasteiger partial charge in [-0.05, 0) is 37.1 Å². The Kier molecular flexibility index (Phi) is 9.14. The lowest BCUT2D eigenvalue weighted by Crippen LogP contribution is -2.68. The summed E-state index contributed by atoms with van der Waals surface area (Å²) < 4.78 is 25.2. The molecule has 3 heterocycles. The highest BCUT2D eigenvalue weighted by atomic mass is 19.1. The average Bonchev–Trinajstić information content (AvgIpc) is 3.29. The zero-order valence-electron chi connectivity index (χ0n) is 24.8. The lowest BCUT2D eigenvalue weighted by Gasteiger charge is -2.50. The van der Waals surface area contributed by atoms with E-state index in [2.05, 4.69) is 15.1 Å². The maximum absolute atomic E-state index is 14.1. The van der Waals surface area contributed by atoms with E-state index in [0.717, 1.165) is 16.9 Å². The molecule has 2 atom stereocenters. The number of ether oxygens (including phenoxy) is 2. The van der Waals surface area contributed by atoms with Gasteiger partial charge in [0.1, 0.15) is 23.2 Å². The van der Waals surface area contributed by atoms with E-state index in [1.807, 2.05) is 30.3 Å². The fraction of sp³-hybridized carbons (Fsp3) is 0.469. The second-order valence-electron chi connectivity index (χ2n) is 12.0. The topological polar surface area (TPSA) is 117 Å². The first-order chi connectivity index (χ1) is 20.6. The Balaban J connectivity index is 1.39. The average molecular weight is 594 g/mol. The van der Waals surface area contributed by atoms with Crippen LogP contribution >= 0.6 is 0 Å². The molecule has 0 aromatic heterocycles. The van der Waals surface area contributed by atoms with Gasteiger partial charge in [-0.3, -0.25) is 14.4 Å². The predicted octanol–water partition coefficient (Wildman–Crippen LogP) is 1.45. The SMILES string of the molecule is CC(C)(N)C(=O)N[C@H](COCc1ccccc1)C(=O)N1CCN2C(N3CCOCC3)=CC(=O)C2(Cc2ccc(F)cc2)C1. The fourth-order valence-electron chi connectivity index (χ4n) is 5.82. The number of carbonyl (C=O) groups excluding carboxylic acids is 3. The normalized spacial score (nSPS) is 21.3. The van der Waals surface area contributed by atoms with Gasteiger partial charge in [-0.15, -0.1) is 0 Å². The number of hydrogen-bond donors (Lipinski definition) is 2. The number of benzene rings is 2. The molecule has 2 aromatic carbocycles. The van der Waals surface area contributed by atoms with Gasteiger partial charge < -0.3 is 35.2 Å². The Labute approximate surface area is 251 Å². The van der Waals surface area contributed by atoms with Crippen molar-refractivity contribution in [3.8, 4) is 0 Å². The summed E-state index contributed by atoms with van der Waals surface area (Å²) in [5.74, 6) is -0.484. The smallest absolute Gasteiger partial charge is 0.247 e. The number of halogens is 1. The maximum atomic E-state index is 14.1. The van der Waals surface area contributed by atoms with Gasteiger partial charge in [0.15, 0.2) is 5.78 Å². The lowest BCUT2D eigenvalue weighted by atomic mass is 9.84. The number of carbonyl (C=O) groups is 3. The molecule has 0 radical (unpaired) electrons. The number of ketones is 1. The molecule has 2 saturated heterocycles. The van der Waals surface area contributed by atoms with Crippen molar-refractivity contribution in [1.82, 2.24) is 20.0 Å². The molecule has 0 bridgehead atoms. The molecule has 2 amide bonds. The minimum atomic E-state index is -1.21. The van der Waals surface area contributed by atoms with E-state index in [1.54, 1.807) is 37.0 Å². The summed E-state index contributed by atoms with van der Waals surface area (Å²) in [6.07, 6.45) is 1.96. The molecule has 2 fully saturated rings. The molecule has 3 N–H and O–H groups in total. The molecular weight excluding hydrogens is 553 g/mol. The van der Waals surface area contributed by atoms with Crippen LogP contribution < -0.4 is 11.1 Å². The number of hydrogen-bond acceptors (Lipinski definition) is 8. The van der Waals surface area contributed by atoms with E-state index in [0.29, 0.717) is 39.4 Å². The minimum Gasteiger partial charge on any atom is -0.378 e. The molecule has 5 rings (SSSR count). The first kappa shape index (κ1) is 30.7. The summed E-state index contributed by atoms with van der Waals surface area (Å²) in [6, 6.07) is 14.6. The number of nitrogens with two attached hydrogens (primary N) is 1. The van der Waals surface area contributed by atoms with Crippen molar-refractivity contribution >= 4 is 17.6 Å². The van der Waals surface area contributed by atoms with Crippen LogP contribution in [-0.2, 0) is 36.9 Å². The van der Waals surface area contributed by atoms with Crippen molar-refractivity contribution < 1.29 is 28.2 Å². The number of morpholine rings is 1. The highest BCUT2D eigenvalue weighted by molar-refractivity contribution is 6.02. The van der Waals surface area contributed by atoms with Crippen molar-refractivity contribution in [1.29, 1.82) is 0 Å².